The van der Waals surface area contributed by atoms with E-state index in [-0.39, 0.29) is 5.56 Å². The molecule has 0 aliphatic rings. The van der Waals surface area contributed by atoms with Crippen LogP contribution in [0.25, 0.3) is 33.1 Å². The van der Waals surface area contributed by atoms with Gasteiger partial charge in [-0.2, -0.15) is 5.10 Å². The number of pyridine rings is 1. The third-order valence-electron chi connectivity index (χ3n) is 4.87. The van der Waals surface area contributed by atoms with Crippen molar-refractivity contribution in [2.45, 2.75) is 6.54 Å². The molecular weight excluding hydrogens is 350 g/mol. The molecule has 0 amide bonds. The van der Waals surface area contributed by atoms with E-state index in [0.717, 1.165) is 38.6 Å². The van der Waals surface area contributed by atoms with Gasteiger partial charge in [-0.15, -0.1) is 0 Å². The van der Waals surface area contributed by atoms with Gasteiger partial charge in [-0.25, -0.2) is 4.98 Å². The maximum absolute atomic E-state index is 12.4. The van der Waals surface area contributed by atoms with Gasteiger partial charge in [0.25, 0.3) is 5.56 Å². The first-order valence-electron chi connectivity index (χ1n) is 9.00. The quantitative estimate of drug-likeness (QED) is 0.490. The topological polar surface area (TPSA) is 65.6 Å². The molecular formula is C22H17N5O. The summed E-state index contributed by atoms with van der Waals surface area (Å²) in [5, 5.41) is 5.53. The first-order valence-corrected chi connectivity index (χ1v) is 9.00. The van der Waals surface area contributed by atoms with Gasteiger partial charge in [0.15, 0.2) is 0 Å². The molecule has 0 radical (unpaired) electrons. The third-order valence-corrected chi connectivity index (χ3v) is 4.87. The second-order valence-corrected chi connectivity index (χ2v) is 6.82. The summed E-state index contributed by atoms with van der Waals surface area (Å²) in [7, 11) is 1.92. The number of rotatable bonds is 3. The molecule has 0 aliphatic heterocycles. The Morgan fingerprint density at radius 1 is 0.964 bits per heavy atom. The first kappa shape index (κ1) is 16.4. The Kier molecular flexibility index (Phi) is 3.76. The van der Waals surface area contributed by atoms with E-state index >= 15 is 0 Å². The van der Waals surface area contributed by atoms with Crippen molar-refractivity contribution in [3.05, 3.63) is 89.2 Å². The van der Waals surface area contributed by atoms with Gasteiger partial charge in [-0.1, -0.05) is 24.3 Å². The molecule has 6 heteroatoms. The van der Waals surface area contributed by atoms with Crippen molar-refractivity contribution < 1.29 is 0 Å². The SMILES string of the molecule is Cn1cc2cc(-c3cccc(Cn4c(=O)cnc5ccncc54)c3)ccc2n1. The molecule has 0 bridgehead atoms. The van der Waals surface area contributed by atoms with Gasteiger partial charge in [0.1, 0.15) is 0 Å². The molecule has 0 aliphatic carbocycles. The molecule has 28 heavy (non-hydrogen) atoms. The summed E-state index contributed by atoms with van der Waals surface area (Å²) in [6.45, 7) is 0.465. The van der Waals surface area contributed by atoms with Crippen molar-refractivity contribution in [1.29, 1.82) is 0 Å². The number of benzene rings is 2. The first-order chi connectivity index (χ1) is 13.7. The second kappa shape index (κ2) is 6.42. The van der Waals surface area contributed by atoms with E-state index in [1.165, 1.54) is 6.20 Å². The van der Waals surface area contributed by atoms with Crippen LogP contribution < -0.4 is 5.56 Å². The standard InChI is InChI=1S/C22H17N5O/c1-26-14-18-10-17(5-6-19(18)25-26)16-4-2-3-15(9-16)13-27-21-11-23-8-7-20(21)24-12-22(27)28/h2-12,14H,13H2,1H3. The van der Waals surface area contributed by atoms with Gasteiger partial charge < -0.3 is 0 Å². The molecule has 3 heterocycles. The Bertz CT molecular complexity index is 1380. The average Bonchev–Trinajstić information content (AvgIpc) is 3.09. The molecule has 0 saturated carbocycles. The Balaban J connectivity index is 1.56. The molecule has 0 fully saturated rings. The summed E-state index contributed by atoms with van der Waals surface area (Å²) in [6.07, 6.45) is 6.74. The van der Waals surface area contributed by atoms with Gasteiger partial charge in [0.05, 0.1) is 35.5 Å². The molecule has 3 aromatic heterocycles. The number of hydrogen-bond acceptors (Lipinski definition) is 4. The minimum absolute atomic E-state index is 0.136. The maximum atomic E-state index is 12.4. The minimum Gasteiger partial charge on any atom is -0.300 e. The fourth-order valence-corrected chi connectivity index (χ4v) is 3.53. The lowest BCUT2D eigenvalue weighted by Crippen LogP contribution is -2.21. The van der Waals surface area contributed by atoms with E-state index in [9.17, 15) is 4.79 Å². The molecule has 2 aromatic carbocycles. The highest BCUT2D eigenvalue weighted by Crippen LogP contribution is 2.25. The van der Waals surface area contributed by atoms with Crippen LogP contribution >= 0.6 is 0 Å². The molecule has 0 N–H and O–H groups in total. The Morgan fingerprint density at radius 2 is 1.86 bits per heavy atom. The number of aromatic nitrogens is 5. The largest absolute Gasteiger partial charge is 0.300 e. The van der Waals surface area contributed by atoms with Gasteiger partial charge in [0, 0.05) is 24.8 Å². The van der Waals surface area contributed by atoms with E-state index < -0.39 is 0 Å². The van der Waals surface area contributed by atoms with E-state index in [2.05, 4.69) is 39.3 Å². The Morgan fingerprint density at radius 3 is 2.79 bits per heavy atom. The smallest absolute Gasteiger partial charge is 0.269 e. The zero-order chi connectivity index (χ0) is 19.1. The van der Waals surface area contributed by atoms with Gasteiger partial charge in [-0.05, 0) is 41.0 Å². The summed E-state index contributed by atoms with van der Waals surface area (Å²) < 4.78 is 3.53. The van der Waals surface area contributed by atoms with Crippen LogP contribution in [-0.4, -0.2) is 24.3 Å². The van der Waals surface area contributed by atoms with E-state index in [1.54, 1.807) is 17.0 Å². The predicted molar refractivity (Wildman–Crippen MR) is 109 cm³/mol. The summed E-state index contributed by atoms with van der Waals surface area (Å²) in [5.74, 6) is 0. The van der Waals surface area contributed by atoms with Crippen LogP contribution in [0.3, 0.4) is 0 Å². The van der Waals surface area contributed by atoms with Crippen molar-refractivity contribution in [2.24, 2.45) is 7.05 Å². The molecule has 136 valence electrons. The molecule has 0 unspecified atom stereocenters. The zero-order valence-corrected chi connectivity index (χ0v) is 15.3. The number of fused-ring (bicyclic) bond motifs is 2. The molecule has 0 spiro atoms. The van der Waals surface area contributed by atoms with Crippen molar-refractivity contribution in [1.82, 2.24) is 24.3 Å². The predicted octanol–water partition coefficient (Wildman–Crippen LogP) is 3.39. The van der Waals surface area contributed by atoms with Crippen LogP contribution in [0.15, 0.2) is 78.1 Å². The van der Waals surface area contributed by atoms with Crippen LogP contribution in [0.2, 0.25) is 0 Å². The van der Waals surface area contributed by atoms with Crippen LogP contribution in [-0.2, 0) is 13.6 Å². The maximum Gasteiger partial charge on any atom is 0.269 e. The average molecular weight is 367 g/mol. The van der Waals surface area contributed by atoms with E-state index in [1.807, 2.05) is 42.2 Å². The van der Waals surface area contributed by atoms with Crippen molar-refractivity contribution >= 4 is 21.9 Å². The summed E-state index contributed by atoms with van der Waals surface area (Å²) >= 11 is 0. The zero-order valence-electron chi connectivity index (χ0n) is 15.3. The molecule has 0 saturated heterocycles. The minimum atomic E-state index is -0.136. The van der Waals surface area contributed by atoms with Gasteiger partial charge in [-0.3, -0.25) is 19.0 Å². The lowest BCUT2D eigenvalue weighted by Gasteiger charge is -2.10. The molecule has 5 aromatic rings. The summed E-state index contributed by atoms with van der Waals surface area (Å²) in [4.78, 5) is 20.7. The molecule has 0 atom stereocenters. The van der Waals surface area contributed by atoms with Crippen LogP contribution in [0, 0.1) is 0 Å². The van der Waals surface area contributed by atoms with Crippen LogP contribution in [0.5, 0.6) is 0 Å². The highest BCUT2D eigenvalue weighted by Gasteiger charge is 2.07. The van der Waals surface area contributed by atoms with E-state index in [0.29, 0.717) is 6.54 Å². The summed E-state index contributed by atoms with van der Waals surface area (Å²) in [6, 6.07) is 16.3. The monoisotopic (exact) mass is 367 g/mol. The fraction of sp³-hybridized carbons (Fsp3) is 0.0909. The van der Waals surface area contributed by atoms with Gasteiger partial charge in [0.2, 0.25) is 0 Å². The van der Waals surface area contributed by atoms with Crippen molar-refractivity contribution in [2.75, 3.05) is 0 Å². The normalized spacial score (nSPS) is 11.3. The number of hydrogen-bond donors (Lipinski definition) is 0. The lowest BCUT2D eigenvalue weighted by molar-refractivity contribution is 0.780. The number of nitrogens with zero attached hydrogens (tertiary/aromatic N) is 5. The molecule has 6 nitrogen and oxygen atoms in total. The van der Waals surface area contributed by atoms with E-state index in [4.69, 9.17) is 0 Å². The fourth-order valence-electron chi connectivity index (χ4n) is 3.53. The molecule has 5 rings (SSSR count). The van der Waals surface area contributed by atoms with Gasteiger partial charge >= 0.3 is 0 Å². The van der Waals surface area contributed by atoms with Crippen LogP contribution in [0.4, 0.5) is 0 Å². The van der Waals surface area contributed by atoms with Crippen molar-refractivity contribution in [3.63, 3.8) is 0 Å². The van der Waals surface area contributed by atoms with Crippen molar-refractivity contribution in [3.8, 4) is 11.1 Å². The lowest BCUT2D eigenvalue weighted by atomic mass is 10.0. The van der Waals surface area contributed by atoms with Crippen LogP contribution in [0.1, 0.15) is 5.56 Å². The highest BCUT2D eigenvalue weighted by molar-refractivity contribution is 5.84. The Labute approximate surface area is 160 Å². The highest BCUT2D eigenvalue weighted by atomic mass is 16.1. The third kappa shape index (κ3) is 2.85. The Hall–Kier alpha value is -3.80. The number of aryl methyl sites for hydroxylation is 1. The summed E-state index contributed by atoms with van der Waals surface area (Å²) in [5.41, 5.74) is 5.60. The second-order valence-electron chi connectivity index (χ2n) is 6.82.